The fourth-order valence-corrected chi connectivity index (χ4v) is 3.97. The van der Waals surface area contributed by atoms with Crippen LogP contribution in [0.25, 0.3) is 22.3 Å². The van der Waals surface area contributed by atoms with E-state index in [2.05, 4.69) is 22.6 Å². The monoisotopic (exact) mass is 374 g/mol. The van der Waals surface area contributed by atoms with Gasteiger partial charge in [-0.25, -0.2) is 4.98 Å². The van der Waals surface area contributed by atoms with Crippen molar-refractivity contribution in [3.63, 3.8) is 0 Å². The van der Waals surface area contributed by atoms with E-state index >= 15 is 0 Å². The number of aromatic nitrogens is 3. The molecule has 0 aliphatic carbocycles. The number of hydrogen-bond donors (Lipinski definition) is 0. The van der Waals surface area contributed by atoms with Gasteiger partial charge in [0, 0.05) is 29.4 Å². The Bertz CT molecular complexity index is 948. The molecule has 4 nitrogen and oxygen atoms in total. The summed E-state index contributed by atoms with van der Waals surface area (Å²) < 4.78 is 2.07. The van der Waals surface area contributed by atoms with Gasteiger partial charge in [0.25, 0.3) is 0 Å². The Labute approximate surface area is 157 Å². The highest BCUT2D eigenvalue weighted by Gasteiger charge is 2.25. The summed E-state index contributed by atoms with van der Waals surface area (Å²) in [5, 5.41) is 6.06. The van der Waals surface area contributed by atoms with E-state index in [4.69, 9.17) is 33.3 Å². The van der Waals surface area contributed by atoms with Gasteiger partial charge in [-0.15, -0.1) is 0 Å². The van der Waals surface area contributed by atoms with Gasteiger partial charge in [-0.3, -0.25) is 4.68 Å². The summed E-state index contributed by atoms with van der Waals surface area (Å²) in [5.74, 6) is 0. The number of nitrogens with zero attached hydrogens (tertiary/aromatic N) is 4. The second kappa shape index (κ2) is 6.50. The van der Waals surface area contributed by atoms with Crippen LogP contribution in [-0.4, -0.2) is 27.9 Å². The predicted molar refractivity (Wildman–Crippen MR) is 105 cm³/mol. The van der Waals surface area contributed by atoms with Crippen LogP contribution in [-0.2, 0) is 6.54 Å². The molecule has 0 bridgehead atoms. The van der Waals surface area contributed by atoms with Crippen molar-refractivity contribution in [2.24, 2.45) is 0 Å². The Hall–Kier alpha value is -1.78. The zero-order valence-electron chi connectivity index (χ0n) is 14.4. The summed E-state index contributed by atoms with van der Waals surface area (Å²) in [6, 6.07) is 7.69. The first-order valence-electron chi connectivity index (χ1n) is 8.67. The first kappa shape index (κ1) is 16.7. The van der Waals surface area contributed by atoms with Gasteiger partial charge in [0.05, 0.1) is 17.3 Å². The maximum atomic E-state index is 6.44. The van der Waals surface area contributed by atoms with E-state index in [1.54, 1.807) is 6.07 Å². The minimum absolute atomic E-state index is 0.603. The number of aryl methyl sites for hydroxylation is 1. The van der Waals surface area contributed by atoms with Crippen LogP contribution in [0, 0.1) is 6.92 Å². The number of anilines is 1. The largest absolute Gasteiger partial charge is 0.368 e. The summed E-state index contributed by atoms with van der Waals surface area (Å²) in [4.78, 5) is 7.25. The van der Waals surface area contributed by atoms with E-state index < -0.39 is 0 Å². The lowest BCUT2D eigenvalue weighted by Crippen LogP contribution is -2.32. The average molecular weight is 375 g/mol. The van der Waals surface area contributed by atoms with Crippen LogP contribution in [0.4, 0.5) is 5.69 Å². The molecule has 0 saturated heterocycles. The van der Waals surface area contributed by atoms with Crippen LogP contribution < -0.4 is 4.90 Å². The van der Waals surface area contributed by atoms with E-state index in [-0.39, 0.29) is 0 Å². The minimum Gasteiger partial charge on any atom is -0.368 e. The number of hydrogen-bond acceptors (Lipinski definition) is 3. The maximum absolute atomic E-state index is 6.44. The van der Waals surface area contributed by atoms with Gasteiger partial charge in [-0.05, 0) is 37.6 Å². The second-order valence-electron chi connectivity index (χ2n) is 6.52. The second-order valence-corrected chi connectivity index (χ2v) is 7.36. The first-order chi connectivity index (χ1) is 12.1. The number of benzene rings is 1. The van der Waals surface area contributed by atoms with Crippen LogP contribution in [0.15, 0.2) is 24.3 Å². The fourth-order valence-electron chi connectivity index (χ4n) is 3.47. The van der Waals surface area contributed by atoms with Crippen molar-refractivity contribution in [2.45, 2.75) is 33.2 Å². The van der Waals surface area contributed by atoms with Gasteiger partial charge in [0.2, 0.25) is 0 Å². The lowest BCUT2D eigenvalue weighted by molar-refractivity contribution is 0.584. The highest BCUT2D eigenvalue weighted by molar-refractivity contribution is 6.36. The molecule has 0 amide bonds. The Morgan fingerprint density at radius 1 is 1.16 bits per heavy atom. The Balaban J connectivity index is 1.92. The molecule has 0 radical (unpaired) electrons. The molecule has 1 aliphatic rings. The number of rotatable bonds is 4. The van der Waals surface area contributed by atoms with Crippen molar-refractivity contribution in [2.75, 3.05) is 18.0 Å². The van der Waals surface area contributed by atoms with Gasteiger partial charge in [0.15, 0.2) is 0 Å². The molecule has 1 aliphatic heterocycles. The first-order valence-corrected chi connectivity index (χ1v) is 9.42. The van der Waals surface area contributed by atoms with E-state index in [0.29, 0.717) is 10.0 Å². The van der Waals surface area contributed by atoms with E-state index in [1.807, 2.05) is 19.1 Å². The van der Waals surface area contributed by atoms with Gasteiger partial charge >= 0.3 is 0 Å². The number of unbranched alkanes of at least 4 members (excludes halogenated alkanes) is 1. The molecular weight excluding hydrogens is 355 g/mol. The number of halogens is 2. The molecular formula is C19H20Cl2N4. The van der Waals surface area contributed by atoms with Crippen molar-refractivity contribution < 1.29 is 0 Å². The van der Waals surface area contributed by atoms with Crippen LogP contribution in [0.3, 0.4) is 0 Å². The molecule has 0 atom stereocenters. The molecule has 4 rings (SSSR count). The highest BCUT2D eigenvalue weighted by atomic mass is 35.5. The molecule has 0 saturated carbocycles. The summed E-state index contributed by atoms with van der Waals surface area (Å²) in [6.45, 7) is 7.16. The van der Waals surface area contributed by atoms with Gasteiger partial charge < -0.3 is 4.90 Å². The Morgan fingerprint density at radius 2 is 2.00 bits per heavy atom. The zero-order valence-corrected chi connectivity index (χ0v) is 15.9. The van der Waals surface area contributed by atoms with Crippen molar-refractivity contribution in [3.05, 3.63) is 40.0 Å². The standard InChI is InChI=1S/C19H20Cl2N4/c1-3-4-7-24-8-9-25-19-16(24)10-12(2)22-18(19)17(23-25)14-6-5-13(20)11-15(14)21/h5-6,10-11H,3-4,7-9H2,1-2H3. The van der Waals surface area contributed by atoms with Crippen LogP contribution in [0.5, 0.6) is 0 Å². The molecule has 3 heterocycles. The van der Waals surface area contributed by atoms with Crippen LogP contribution in [0.1, 0.15) is 25.5 Å². The topological polar surface area (TPSA) is 34.0 Å². The minimum atomic E-state index is 0.603. The predicted octanol–water partition coefficient (Wildman–Crippen LogP) is 5.33. The summed E-state index contributed by atoms with van der Waals surface area (Å²) in [6.07, 6.45) is 2.38. The van der Waals surface area contributed by atoms with Crippen LogP contribution >= 0.6 is 23.2 Å². The SMILES string of the molecule is CCCCN1CCn2nc(-c3ccc(Cl)cc3Cl)c3nc(C)cc1c32. The molecule has 1 aromatic carbocycles. The molecule has 0 fully saturated rings. The molecule has 3 aromatic rings. The summed E-state index contributed by atoms with van der Waals surface area (Å²) in [5.41, 5.74) is 5.96. The van der Waals surface area contributed by atoms with Gasteiger partial charge in [-0.2, -0.15) is 5.10 Å². The molecule has 6 heteroatoms. The molecule has 130 valence electrons. The van der Waals surface area contributed by atoms with Crippen molar-refractivity contribution in [1.82, 2.24) is 14.8 Å². The zero-order chi connectivity index (χ0) is 17.6. The quantitative estimate of drug-likeness (QED) is 0.618. The maximum Gasteiger partial charge on any atom is 0.120 e. The third-order valence-corrected chi connectivity index (χ3v) is 5.24. The third-order valence-electron chi connectivity index (χ3n) is 4.69. The third kappa shape index (κ3) is 2.87. The molecule has 0 spiro atoms. The lowest BCUT2D eigenvalue weighted by atomic mass is 10.1. The summed E-state index contributed by atoms with van der Waals surface area (Å²) >= 11 is 12.5. The van der Waals surface area contributed by atoms with Gasteiger partial charge in [-0.1, -0.05) is 36.5 Å². The van der Waals surface area contributed by atoms with E-state index in [1.165, 1.54) is 18.5 Å². The molecule has 0 unspecified atom stereocenters. The van der Waals surface area contributed by atoms with Crippen molar-refractivity contribution in [1.29, 1.82) is 0 Å². The van der Waals surface area contributed by atoms with Crippen LogP contribution in [0.2, 0.25) is 10.0 Å². The Kier molecular flexibility index (Phi) is 4.34. The highest BCUT2D eigenvalue weighted by Crippen LogP contribution is 2.38. The fraction of sp³-hybridized carbons (Fsp3) is 0.368. The lowest BCUT2D eigenvalue weighted by Gasteiger charge is -2.29. The molecule has 2 aromatic heterocycles. The number of pyridine rings is 1. The van der Waals surface area contributed by atoms with Crippen molar-refractivity contribution in [3.8, 4) is 11.3 Å². The van der Waals surface area contributed by atoms with Crippen molar-refractivity contribution >= 4 is 39.9 Å². The van der Waals surface area contributed by atoms with E-state index in [0.717, 1.165) is 47.6 Å². The smallest absolute Gasteiger partial charge is 0.120 e. The molecule has 0 N–H and O–H groups in total. The molecule has 25 heavy (non-hydrogen) atoms. The normalized spacial score (nSPS) is 13.7. The Morgan fingerprint density at radius 3 is 2.76 bits per heavy atom. The van der Waals surface area contributed by atoms with E-state index in [9.17, 15) is 0 Å². The van der Waals surface area contributed by atoms with Gasteiger partial charge in [0.1, 0.15) is 16.7 Å². The summed E-state index contributed by atoms with van der Waals surface area (Å²) in [7, 11) is 0. The average Bonchev–Trinajstić information content (AvgIpc) is 2.93.